The second-order valence-electron chi connectivity index (χ2n) is 11.1. The molecule has 0 spiro atoms. The summed E-state index contributed by atoms with van der Waals surface area (Å²) >= 11 is 0. The molecule has 6 aromatic rings. The lowest BCUT2D eigenvalue weighted by Crippen LogP contribution is -2.12. The van der Waals surface area contributed by atoms with Crippen molar-refractivity contribution in [3.63, 3.8) is 0 Å². The molecule has 0 fully saturated rings. The van der Waals surface area contributed by atoms with Crippen LogP contribution in [-0.2, 0) is 28.9 Å². The maximum absolute atomic E-state index is 13.9. The van der Waals surface area contributed by atoms with Crippen LogP contribution in [0.2, 0.25) is 0 Å². The number of fused-ring (bicyclic) bond motifs is 1. The van der Waals surface area contributed by atoms with Crippen LogP contribution in [0, 0.1) is 0 Å². The zero-order chi connectivity index (χ0) is 34.1. The van der Waals surface area contributed by atoms with Gasteiger partial charge in [0.05, 0.1) is 12.0 Å². The second-order valence-corrected chi connectivity index (χ2v) is 12.9. The first-order valence-corrected chi connectivity index (χ1v) is 17.5. The van der Waals surface area contributed by atoms with Crippen molar-refractivity contribution in [2.24, 2.45) is 0 Å². The van der Waals surface area contributed by atoms with E-state index >= 15 is 0 Å². The number of rotatable bonds is 15. The van der Waals surface area contributed by atoms with Gasteiger partial charge in [-0.2, -0.15) is 0 Å². The summed E-state index contributed by atoms with van der Waals surface area (Å²) in [5, 5.41) is 0.207. The summed E-state index contributed by atoms with van der Waals surface area (Å²) in [7, 11) is -4.16. The molecule has 1 aromatic heterocycles. The van der Waals surface area contributed by atoms with Crippen molar-refractivity contribution in [2.75, 3.05) is 13.0 Å². The van der Waals surface area contributed by atoms with Crippen molar-refractivity contribution >= 4 is 18.6 Å². The third-order valence-corrected chi connectivity index (χ3v) is 8.57. The molecule has 0 saturated carbocycles. The van der Waals surface area contributed by atoms with Gasteiger partial charge < -0.3 is 32.8 Å². The van der Waals surface area contributed by atoms with Crippen molar-refractivity contribution < 1.29 is 37.3 Å². The lowest BCUT2D eigenvalue weighted by atomic mass is 10.1. The van der Waals surface area contributed by atoms with E-state index in [1.54, 1.807) is 43.3 Å². The van der Waals surface area contributed by atoms with Crippen LogP contribution in [-0.4, -0.2) is 17.8 Å². The Bertz CT molecular complexity index is 2100. The fourth-order valence-electron chi connectivity index (χ4n) is 5.05. The van der Waals surface area contributed by atoms with Crippen LogP contribution in [0.15, 0.2) is 137 Å². The van der Waals surface area contributed by atoms with Gasteiger partial charge in [-0.1, -0.05) is 91.0 Å². The molecule has 250 valence electrons. The van der Waals surface area contributed by atoms with Gasteiger partial charge in [-0.05, 0) is 53.9 Å². The van der Waals surface area contributed by atoms with E-state index in [1.807, 2.05) is 91.0 Å². The molecule has 1 unspecified atom stereocenters. The Hall–Kier alpha value is -5.34. The van der Waals surface area contributed by atoms with E-state index in [4.69, 9.17) is 27.9 Å². The molecule has 0 aliphatic carbocycles. The summed E-state index contributed by atoms with van der Waals surface area (Å²) in [5.74, 6) is 1.15. The van der Waals surface area contributed by atoms with Gasteiger partial charge in [-0.25, -0.2) is 0 Å². The van der Waals surface area contributed by atoms with Gasteiger partial charge in [0.2, 0.25) is 11.2 Å². The van der Waals surface area contributed by atoms with Crippen molar-refractivity contribution in [2.45, 2.75) is 26.7 Å². The highest BCUT2D eigenvalue weighted by Gasteiger charge is 2.25. The van der Waals surface area contributed by atoms with Crippen LogP contribution in [0.5, 0.6) is 23.0 Å². The van der Waals surface area contributed by atoms with E-state index in [-0.39, 0.29) is 35.7 Å². The molecule has 1 heterocycles. The van der Waals surface area contributed by atoms with Crippen LogP contribution in [0.3, 0.4) is 0 Å². The molecule has 0 saturated heterocycles. The Morgan fingerprint density at radius 1 is 0.653 bits per heavy atom. The third kappa shape index (κ3) is 8.77. The zero-order valence-electron chi connectivity index (χ0n) is 26.8. The monoisotopic (exact) mass is 678 g/mol. The summed E-state index contributed by atoms with van der Waals surface area (Å²) in [6.07, 6.45) is -0.752. The molecule has 10 heteroatoms. The number of hydrogen-bond acceptors (Lipinski definition) is 8. The first kappa shape index (κ1) is 33.6. The summed E-state index contributed by atoms with van der Waals surface area (Å²) in [4.78, 5) is 24.2. The van der Waals surface area contributed by atoms with E-state index in [1.165, 1.54) is 0 Å². The fourth-order valence-corrected chi connectivity index (χ4v) is 5.82. The molecule has 0 aliphatic rings. The molecule has 0 amide bonds. The molecule has 9 nitrogen and oxygen atoms in total. The molecule has 0 aliphatic heterocycles. The highest BCUT2D eigenvalue weighted by atomic mass is 31.2. The molecular formula is C39H35O9P. The first-order valence-electron chi connectivity index (χ1n) is 15.7. The minimum Gasteiger partial charge on any atom is -0.489 e. The number of benzene rings is 5. The van der Waals surface area contributed by atoms with Crippen molar-refractivity contribution in [3.05, 3.63) is 154 Å². The predicted molar refractivity (Wildman–Crippen MR) is 187 cm³/mol. The quantitative estimate of drug-likeness (QED) is 0.107. The van der Waals surface area contributed by atoms with Crippen LogP contribution < -0.4 is 24.4 Å². The molecule has 49 heavy (non-hydrogen) atoms. The molecule has 0 bridgehead atoms. The highest BCUT2D eigenvalue weighted by Crippen LogP contribution is 2.43. The largest absolute Gasteiger partial charge is 0.489 e. The minimum atomic E-state index is -4.16. The summed E-state index contributed by atoms with van der Waals surface area (Å²) in [5.41, 5.74) is 3.04. The smallest absolute Gasteiger partial charge is 0.365 e. The minimum absolute atomic E-state index is 0.00532. The standard InChI is InChI=1S/C39H35O9P/c1-2-47-49(41,42)27-46-39-37(40)33-20-19-32(43-24-28-12-6-3-7-13-28)23-35(33)48-38(39)31-18-21-34(44-25-29-14-8-4-9-15-29)36(22-31)45-26-30-16-10-5-11-17-30/h3-23H,2,24-27H2,1H3,(H,41,42). The number of hydrogen-bond donors (Lipinski definition) is 1. The maximum Gasteiger partial charge on any atom is 0.365 e. The van der Waals surface area contributed by atoms with Crippen molar-refractivity contribution in [1.29, 1.82) is 0 Å². The number of ether oxygens (including phenoxy) is 4. The Kier molecular flexibility index (Phi) is 10.8. The van der Waals surface area contributed by atoms with E-state index in [0.717, 1.165) is 16.7 Å². The molecule has 1 N–H and O–H groups in total. The van der Waals surface area contributed by atoms with E-state index in [2.05, 4.69) is 0 Å². The van der Waals surface area contributed by atoms with E-state index in [0.29, 0.717) is 36.0 Å². The Morgan fingerprint density at radius 2 is 1.22 bits per heavy atom. The Balaban J connectivity index is 1.40. The lowest BCUT2D eigenvalue weighted by Gasteiger charge is -2.17. The van der Waals surface area contributed by atoms with Crippen LogP contribution in [0.4, 0.5) is 0 Å². The lowest BCUT2D eigenvalue weighted by molar-refractivity contribution is 0.239. The predicted octanol–water partition coefficient (Wildman–Crippen LogP) is 8.76. The van der Waals surface area contributed by atoms with Crippen molar-refractivity contribution in [1.82, 2.24) is 0 Å². The van der Waals surface area contributed by atoms with Gasteiger partial charge in [0.1, 0.15) is 31.2 Å². The summed E-state index contributed by atoms with van der Waals surface area (Å²) in [6, 6.07) is 39.1. The normalized spacial score (nSPS) is 12.3. The summed E-state index contributed by atoms with van der Waals surface area (Å²) in [6.45, 7) is 2.46. The van der Waals surface area contributed by atoms with E-state index < -0.39 is 19.4 Å². The molecule has 6 rings (SSSR count). The zero-order valence-corrected chi connectivity index (χ0v) is 27.7. The van der Waals surface area contributed by atoms with Crippen LogP contribution >= 0.6 is 7.60 Å². The SMILES string of the molecule is CCOP(=O)(O)COc1c(-c2ccc(OCc3ccccc3)c(OCc3ccccc3)c2)oc2cc(OCc3ccccc3)ccc2c1=O. The molecule has 0 radical (unpaired) electrons. The van der Waals surface area contributed by atoms with Gasteiger partial charge in [-0.3, -0.25) is 9.36 Å². The van der Waals surface area contributed by atoms with Crippen LogP contribution in [0.25, 0.3) is 22.3 Å². The summed E-state index contributed by atoms with van der Waals surface area (Å²) < 4.78 is 48.1. The first-order chi connectivity index (χ1) is 23.9. The van der Waals surface area contributed by atoms with Crippen molar-refractivity contribution in [3.8, 4) is 34.3 Å². The van der Waals surface area contributed by atoms with Gasteiger partial charge in [0.25, 0.3) is 0 Å². The van der Waals surface area contributed by atoms with Crippen LogP contribution in [0.1, 0.15) is 23.6 Å². The molecule has 5 aromatic carbocycles. The second kappa shape index (κ2) is 15.7. The molecule has 1 atom stereocenters. The Labute approximate surface area is 283 Å². The van der Waals surface area contributed by atoms with E-state index in [9.17, 15) is 14.3 Å². The van der Waals surface area contributed by atoms with Gasteiger partial charge >= 0.3 is 7.60 Å². The average Bonchev–Trinajstić information content (AvgIpc) is 3.13. The van der Waals surface area contributed by atoms with Gasteiger partial charge in [0, 0.05) is 11.6 Å². The molecular weight excluding hydrogens is 643 g/mol. The highest BCUT2D eigenvalue weighted by molar-refractivity contribution is 7.52. The topological polar surface area (TPSA) is 114 Å². The Morgan fingerprint density at radius 3 is 1.82 bits per heavy atom. The van der Waals surface area contributed by atoms with Gasteiger partial charge in [0.15, 0.2) is 23.6 Å². The maximum atomic E-state index is 13.9. The third-order valence-electron chi connectivity index (χ3n) is 7.45. The average molecular weight is 679 g/mol. The fraction of sp³-hybridized carbons (Fsp3) is 0.154. The van der Waals surface area contributed by atoms with Gasteiger partial charge in [-0.15, -0.1) is 0 Å².